The molecule has 0 saturated carbocycles. The van der Waals surface area contributed by atoms with Gasteiger partial charge in [-0.15, -0.1) is 0 Å². The summed E-state index contributed by atoms with van der Waals surface area (Å²) < 4.78 is 25.8. The highest BCUT2D eigenvalue weighted by atomic mass is 32.2. The van der Waals surface area contributed by atoms with Crippen molar-refractivity contribution in [3.05, 3.63) is 35.4 Å². The summed E-state index contributed by atoms with van der Waals surface area (Å²) in [5.74, 6) is 0.656. The highest BCUT2D eigenvalue weighted by Crippen LogP contribution is 2.17. The molecule has 0 radical (unpaired) electrons. The third kappa shape index (κ3) is 3.64. The van der Waals surface area contributed by atoms with Gasteiger partial charge in [0.25, 0.3) is 0 Å². The molecule has 0 atom stereocenters. The monoisotopic (exact) mass is 217 g/mol. The number of benzene rings is 1. The second kappa shape index (κ2) is 5.98. The topological polar surface area (TPSA) is 26.0 Å². The van der Waals surface area contributed by atoms with Crippen LogP contribution in [0.1, 0.15) is 12.0 Å². The Kier molecular flexibility index (Phi) is 4.90. The van der Waals surface area contributed by atoms with E-state index in [4.69, 9.17) is 5.73 Å². The van der Waals surface area contributed by atoms with Crippen molar-refractivity contribution in [2.45, 2.75) is 12.2 Å². The number of halogens is 2. The molecular weight excluding hydrogens is 204 g/mol. The molecule has 1 aromatic rings. The van der Waals surface area contributed by atoms with Crippen LogP contribution in [-0.2, 0) is 5.75 Å². The molecule has 0 amide bonds. The quantitative estimate of drug-likeness (QED) is 0.767. The van der Waals surface area contributed by atoms with Crippen molar-refractivity contribution in [3.8, 4) is 0 Å². The summed E-state index contributed by atoms with van der Waals surface area (Å²) in [6.07, 6.45) is 0.904. The summed E-state index contributed by atoms with van der Waals surface area (Å²) in [5, 5.41) is 0. The molecular formula is C10H13F2NS. The maximum Gasteiger partial charge on any atom is 0.127 e. The van der Waals surface area contributed by atoms with Gasteiger partial charge in [-0.25, -0.2) is 8.78 Å². The Bertz CT molecular complexity index is 291. The van der Waals surface area contributed by atoms with Crippen molar-refractivity contribution in [2.75, 3.05) is 12.3 Å². The van der Waals surface area contributed by atoms with Crippen LogP contribution < -0.4 is 5.73 Å². The number of hydrogen-bond acceptors (Lipinski definition) is 2. The molecule has 0 heterocycles. The van der Waals surface area contributed by atoms with E-state index in [0.29, 0.717) is 17.9 Å². The van der Waals surface area contributed by atoms with E-state index in [9.17, 15) is 8.78 Å². The van der Waals surface area contributed by atoms with Gasteiger partial charge < -0.3 is 5.73 Å². The first-order chi connectivity index (χ1) is 6.74. The predicted molar refractivity (Wildman–Crippen MR) is 56.2 cm³/mol. The van der Waals surface area contributed by atoms with Crippen LogP contribution in [0.25, 0.3) is 0 Å². The van der Waals surface area contributed by atoms with Crippen molar-refractivity contribution < 1.29 is 8.78 Å². The van der Waals surface area contributed by atoms with Crippen LogP contribution in [0.5, 0.6) is 0 Å². The zero-order valence-corrected chi connectivity index (χ0v) is 8.62. The standard InChI is InChI=1S/C10H13F2NS/c11-9-2-3-10(12)8(6-9)7-14-5-1-4-13/h2-3,6H,1,4-5,7,13H2. The van der Waals surface area contributed by atoms with Crippen LogP contribution in [0.4, 0.5) is 8.78 Å². The fraction of sp³-hybridized carbons (Fsp3) is 0.400. The fourth-order valence-electron chi connectivity index (χ4n) is 1.02. The maximum atomic E-state index is 13.1. The molecule has 4 heteroatoms. The molecule has 0 fully saturated rings. The average molecular weight is 217 g/mol. The average Bonchev–Trinajstić information content (AvgIpc) is 2.18. The molecule has 78 valence electrons. The summed E-state index contributed by atoms with van der Waals surface area (Å²) in [6, 6.07) is 3.53. The third-order valence-electron chi connectivity index (χ3n) is 1.76. The first-order valence-electron chi connectivity index (χ1n) is 4.46. The van der Waals surface area contributed by atoms with Gasteiger partial charge in [-0.1, -0.05) is 0 Å². The van der Waals surface area contributed by atoms with Crippen LogP contribution in [-0.4, -0.2) is 12.3 Å². The summed E-state index contributed by atoms with van der Waals surface area (Å²) in [5.41, 5.74) is 5.74. The molecule has 0 unspecified atom stereocenters. The Hall–Kier alpha value is -0.610. The molecule has 0 aromatic heterocycles. The second-order valence-corrected chi connectivity index (χ2v) is 4.04. The summed E-state index contributed by atoms with van der Waals surface area (Å²) in [6.45, 7) is 0.638. The summed E-state index contributed by atoms with van der Waals surface area (Å²) in [4.78, 5) is 0. The Morgan fingerprint density at radius 1 is 1.29 bits per heavy atom. The number of nitrogens with two attached hydrogens (primary N) is 1. The van der Waals surface area contributed by atoms with Gasteiger partial charge in [0.05, 0.1) is 0 Å². The van der Waals surface area contributed by atoms with Crippen LogP contribution in [0, 0.1) is 11.6 Å². The van der Waals surface area contributed by atoms with E-state index in [1.54, 1.807) is 11.8 Å². The van der Waals surface area contributed by atoms with Crippen molar-refractivity contribution in [1.82, 2.24) is 0 Å². The molecule has 0 aliphatic rings. The zero-order chi connectivity index (χ0) is 10.4. The normalized spacial score (nSPS) is 10.5. The van der Waals surface area contributed by atoms with Gasteiger partial charge >= 0.3 is 0 Å². The minimum absolute atomic E-state index is 0.341. The fourth-order valence-corrected chi connectivity index (χ4v) is 1.98. The Morgan fingerprint density at radius 3 is 2.79 bits per heavy atom. The number of rotatable bonds is 5. The van der Waals surface area contributed by atoms with Gasteiger partial charge in [-0.2, -0.15) is 11.8 Å². The molecule has 1 aromatic carbocycles. The van der Waals surface area contributed by atoms with Crippen molar-refractivity contribution in [3.63, 3.8) is 0 Å². The summed E-state index contributed by atoms with van der Waals surface area (Å²) in [7, 11) is 0. The van der Waals surface area contributed by atoms with E-state index >= 15 is 0 Å². The van der Waals surface area contributed by atoms with Crippen LogP contribution in [0.3, 0.4) is 0 Å². The van der Waals surface area contributed by atoms with Crippen molar-refractivity contribution >= 4 is 11.8 Å². The lowest BCUT2D eigenvalue weighted by atomic mass is 10.2. The van der Waals surface area contributed by atoms with Gasteiger partial charge in [0, 0.05) is 11.3 Å². The lowest BCUT2D eigenvalue weighted by Crippen LogP contribution is -1.99. The van der Waals surface area contributed by atoms with Crippen molar-refractivity contribution in [2.24, 2.45) is 5.73 Å². The van der Waals surface area contributed by atoms with E-state index in [1.165, 1.54) is 6.07 Å². The second-order valence-electron chi connectivity index (χ2n) is 2.93. The van der Waals surface area contributed by atoms with E-state index in [-0.39, 0.29) is 11.6 Å². The van der Waals surface area contributed by atoms with Crippen LogP contribution >= 0.6 is 11.8 Å². The van der Waals surface area contributed by atoms with Gasteiger partial charge in [-0.3, -0.25) is 0 Å². The minimum atomic E-state index is -0.388. The zero-order valence-electron chi connectivity index (χ0n) is 7.80. The molecule has 2 N–H and O–H groups in total. The molecule has 0 aliphatic heterocycles. The lowest BCUT2D eigenvalue weighted by molar-refractivity contribution is 0.591. The minimum Gasteiger partial charge on any atom is -0.330 e. The highest BCUT2D eigenvalue weighted by molar-refractivity contribution is 7.98. The van der Waals surface area contributed by atoms with E-state index < -0.39 is 0 Å². The SMILES string of the molecule is NCCCSCc1cc(F)ccc1F. The molecule has 0 bridgehead atoms. The lowest BCUT2D eigenvalue weighted by Gasteiger charge is -2.02. The Morgan fingerprint density at radius 2 is 2.07 bits per heavy atom. The van der Waals surface area contributed by atoms with Gasteiger partial charge in [0.15, 0.2) is 0 Å². The largest absolute Gasteiger partial charge is 0.330 e. The van der Waals surface area contributed by atoms with E-state index in [1.807, 2.05) is 0 Å². The van der Waals surface area contributed by atoms with Gasteiger partial charge in [-0.05, 0) is 36.9 Å². The molecule has 1 nitrogen and oxygen atoms in total. The van der Waals surface area contributed by atoms with Crippen molar-refractivity contribution in [1.29, 1.82) is 0 Å². The first-order valence-corrected chi connectivity index (χ1v) is 5.61. The van der Waals surface area contributed by atoms with Gasteiger partial charge in [0.2, 0.25) is 0 Å². The molecule has 0 spiro atoms. The molecule has 0 saturated heterocycles. The maximum absolute atomic E-state index is 13.1. The summed E-state index contributed by atoms with van der Waals surface area (Å²) >= 11 is 1.57. The Labute approximate surface area is 86.7 Å². The first kappa shape index (κ1) is 11.5. The Balaban J connectivity index is 2.45. The van der Waals surface area contributed by atoms with E-state index in [2.05, 4.69) is 0 Å². The molecule has 0 aliphatic carbocycles. The molecule has 1 rings (SSSR count). The smallest absolute Gasteiger partial charge is 0.127 e. The third-order valence-corrected chi connectivity index (χ3v) is 2.85. The van der Waals surface area contributed by atoms with Gasteiger partial charge in [0.1, 0.15) is 11.6 Å². The highest BCUT2D eigenvalue weighted by Gasteiger charge is 2.03. The number of thioether (sulfide) groups is 1. The van der Waals surface area contributed by atoms with Crippen LogP contribution in [0.15, 0.2) is 18.2 Å². The molecule has 14 heavy (non-hydrogen) atoms. The van der Waals surface area contributed by atoms with Crippen LogP contribution in [0.2, 0.25) is 0 Å². The predicted octanol–water partition coefficient (Wildman–Crippen LogP) is 2.55. The van der Waals surface area contributed by atoms with E-state index in [0.717, 1.165) is 24.3 Å². The number of hydrogen-bond donors (Lipinski definition) is 1.